The summed E-state index contributed by atoms with van der Waals surface area (Å²) in [5.74, 6) is 0.510. The Balaban J connectivity index is 1.24. The van der Waals surface area contributed by atoms with Gasteiger partial charge in [0.2, 0.25) is 0 Å². The average Bonchev–Trinajstić information content (AvgIpc) is 3.37. The predicted molar refractivity (Wildman–Crippen MR) is 138 cm³/mol. The minimum Gasteiger partial charge on any atom is -0.492 e. The van der Waals surface area contributed by atoms with Crippen LogP contribution in [-0.4, -0.2) is 72.4 Å². The monoisotopic (exact) mass is 497 g/mol. The number of hydroxylamine groups is 1. The van der Waals surface area contributed by atoms with Gasteiger partial charge in [0, 0.05) is 43.5 Å². The Morgan fingerprint density at radius 3 is 2.44 bits per heavy atom. The first kappa shape index (κ1) is 24.1. The third-order valence-corrected chi connectivity index (χ3v) is 7.01. The van der Waals surface area contributed by atoms with E-state index in [1.54, 1.807) is 35.6 Å². The molecule has 1 amide bonds. The second-order valence-corrected chi connectivity index (χ2v) is 9.36. The standard InChI is InChI=1S/C24H27N5O3S2/c1-28-11-13-29(14-12-28)24-26-16-21(34-24)17-2-4-18(5-3-17)22(30)25-10-15-32-20-8-6-19(7-9-20)23(33)27-31/h2-9,16,31H,10-15H2,1H3,(H,25,30)(H,27,33). The maximum Gasteiger partial charge on any atom is 0.251 e. The van der Waals surface area contributed by atoms with Crippen molar-refractivity contribution in [3.8, 4) is 16.2 Å². The van der Waals surface area contributed by atoms with Crippen molar-refractivity contribution in [1.82, 2.24) is 20.7 Å². The third kappa shape index (κ3) is 6.09. The maximum atomic E-state index is 12.5. The van der Waals surface area contributed by atoms with E-state index < -0.39 is 0 Å². The van der Waals surface area contributed by atoms with Crippen molar-refractivity contribution < 1.29 is 14.7 Å². The van der Waals surface area contributed by atoms with Crippen molar-refractivity contribution in [1.29, 1.82) is 0 Å². The van der Waals surface area contributed by atoms with Crippen LogP contribution in [0.2, 0.25) is 0 Å². The van der Waals surface area contributed by atoms with Crippen LogP contribution in [0.1, 0.15) is 15.9 Å². The van der Waals surface area contributed by atoms with Crippen LogP contribution in [0, 0.1) is 0 Å². The number of anilines is 1. The molecule has 178 valence electrons. The molecule has 8 nitrogen and oxygen atoms in total. The Morgan fingerprint density at radius 2 is 1.76 bits per heavy atom. The number of hydrogen-bond acceptors (Lipinski definition) is 8. The van der Waals surface area contributed by atoms with Gasteiger partial charge in [-0.15, -0.1) is 0 Å². The molecule has 0 unspecified atom stereocenters. The molecule has 0 radical (unpaired) electrons. The molecule has 10 heteroatoms. The number of nitrogens with one attached hydrogen (secondary N) is 2. The van der Waals surface area contributed by atoms with Gasteiger partial charge < -0.3 is 19.9 Å². The SMILES string of the molecule is CN1CCN(c2ncc(-c3ccc(C(=O)NCCOc4ccc(C(=S)NO)cc4)cc3)s2)CC1. The largest absolute Gasteiger partial charge is 0.492 e. The molecule has 0 bridgehead atoms. The van der Waals surface area contributed by atoms with E-state index in [-0.39, 0.29) is 10.9 Å². The number of likely N-dealkylation sites (N-methyl/N-ethyl adjacent to an activating group) is 1. The summed E-state index contributed by atoms with van der Waals surface area (Å²) in [6.45, 7) is 4.80. The average molecular weight is 498 g/mol. The number of thiazole rings is 1. The summed E-state index contributed by atoms with van der Waals surface area (Å²) >= 11 is 6.64. The van der Waals surface area contributed by atoms with Gasteiger partial charge >= 0.3 is 0 Å². The molecule has 1 aliphatic heterocycles. The number of carbonyl (C=O) groups is 1. The summed E-state index contributed by atoms with van der Waals surface area (Å²) in [6.07, 6.45) is 1.91. The molecule has 34 heavy (non-hydrogen) atoms. The zero-order chi connectivity index (χ0) is 23.9. The molecule has 2 aromatic carbocycles. The van der Waals surface area contributed by atoms with Crippen LogP contribution in [0.25, 0.3) is 10.4 Å². The minimum absolute atomic E-state index is 0.146. The van der Waals surface area contributed by atoms with E-state index >= 15 is 0 Å². The molecular weight excluding hydrogens is 470 g/mol. The van der Waals surface area contributed by atoms with Crippen LogP contribution in [0.15, 0.2) is 54.7 Å². The van der Waals surface area contributed by atoms with Gasteiger partial charge in [0.1, 0.15) is 17.3 Å². The number of benzene rings is 2. The lowest BCUT2D eigenvalue weighted by Crippen LogP contribution is -2.44. The van der Waals surface area contributed by atoms with Crippen molar-refractivity contribution in [3.05, 3.63) is 65.9 Å². The van der Waals surface area contributed by atoms with Gasteiger partial charge in [-0.1, -0.05) is 35.7 Å². The number of carbonyl (C=O) groups excluding carboxylic acids is 1. The quantitative estimate of drug-likeness (QED) is 0.249. The van der Waals surface area contributed by atoms with E-state index in [1.807, 2.05) is 35.9 Å². The lowest BCUT2D eigenvalue weighted by atomic mass is 10.1. The number of ether oxygens (including phenoxy) is 1. The first-order valence-corrected chi connectivity index (χ1v) is 12.2. The van der Waals surface area contributed by atoms with Crippen molar-refractivity contribution >= 4 is 39.6 Å². The highest BCUT2D eigenvalue weighted by atomic mass is 32.1. The molecule has 4 rings (SSSR count). The fourth-order valence-corrected chi connectivity index (χ4v) is 4.64. The molecule has 0 atom stereocenters. The molecule has 1 fully saturated rings. The van der Waals surface area contributed by atoms with Crippen molar-refractivity contribution in [2.45, 2.75) is 0 Å². The topological polar surface area (TPSA) is 90.0 Å². The number of thiocarbonyl (C=S) groups is 1. The van der Waals surface area contributed by atoms with Crippen molar-refractivity contribution in [2.75, 3.05) is 51.3 Å². The van der Waals surface area contributed by atoms with Crippen LogP contribution in [0.5, 0.6) is 5.75 Å². The zero-order valence-corrected chi connectivity index (χ0v) is 20.5. The second-order valence-electron chi connectivity index (χ2n) is 7.94. The van der Waals surface area contributed by atoms with Gasteiger partial charge in [0.15, 0.2) is 5.13 Å². The molecular formula is C24H27N5O3S2. The van der Waals surface area contributed by atoms with Gasteiger partial charge in [-0.3, -0.25) is 15.5 Å². The fraction of sp³-hybridized carbons (Fsp3) is 0.292. The Hall–Kier alpha value is -3.05. The van der Waals surface area contributed by atoms with Crippen LogP contribution in [-0.2, 0) is 0 Å². The van der Waals surface area contributed by atoms with Crippen LogP contribution in [0.3, 0.4) is 0 Å². The summed E-state index contributed by atoms with van der Waals surface area (Å²) in [5, 5.41) is 12.8. The normalized spacial score (nSPS) is 14.0. The molecule has 1 aromatic heterocycles. The summed E-state index contributed by atoms with van der Waals surface area (Å²) in [5.41, 5.74) is 4.29. The fourth-order valence-electron chi connectivity index (χ4n) is 3.53. The Labute approximate surface area is 208 Å². The van der Waals surface area contributed by atoms with Crippen LogP contribution >= 0.6 is 23.6 Å². The molecule has 0 spiro atoms. The van der Waals surface area contributed by atoms with E-state index in [2.05, 4.69) is 27.1 Å². The van der Waals surface area contributed by atoms with Gasteiger partial charge in [-0.25, -0.2) is 4.98 Å². The van der Waals surface area contributed by atoms with Crippen LogP contribution < -0.4 is 20.4 Å². The molecule has 3 aromatic rings. The number of piperazine rings is 1. The highest BCUT2D eigenvalue weighted by molar-refractivity contribution is 7.80. The van der Waals surface area contributed by atoms with E-state index in [0.717, 1.165) is 41.8 Å². The third-order valence-electron chi connectivity index (χ3n) is 5.57. The molecule has 1 aliphatic rings. The van der Waals surface area contributed by atoms with Gasteiger partial charge in [-0.2, -0.15) is 0 Å². The first-order valence-electron chi connectivity index (χ1n) is 11.0. The second kappa shape index (κ2) is 11.4. The summed E-state index contributed by atoms with van der Waals surface area (Å²) in [7, 11) is 2.14. The van der Waals surface area contributed by atoms with Crippen molar-refractivity contribution in [3.63, 3.8) is 0 Å². The lowest BCUT2D eigenvalue weighted by Gasteiger charge is -2.32. The zero-order valence-electron chi connectivity index (χ0n) is 18.9. The van der Waals surface area contributed by atoms with E-state index in [0.29, 0.717) is 30.0 Å². The predicted octanol–water partition coefficient (Wildman–Crippen LogP) is 3.03. The van der Waals surface area contributed by atoms with Gasteiger partial charge in [0.25, 0.3) is 5.91 Å². The van der Waals surface area contributed by atoms with Gasteiger partial charge in [-0.05, 0) is 49.0 Å². The summed E-state index contributed by atoms with van der Waals surface area (Å²) < 4.78 is 5.64. The molecule has 0 saturated carbocycles. The van der Waals surface area contributed by atoms with Gasteiger partial charge in [0.05, 0.1) is 11.4 Å². The van der Waals surface area contributed by atoms with Crippen molar-refractivity contribution in [2.24, 2.45) is 0 Å². The molecule has 3 N–H and O–H groups in total. The number of rotatable bonds is 8. The first-order chi connectivity index (χ1) is 16.5. The Morgan fingerprint density at radius 1 is 1.09 bits per heavy atom. The van der Waals surface area contributed by atoms with Crippen LogP contribution in [0.4, 0.5) is 5.13 Å². The molecule has 2 heterocycles. The highest BCUT2D eigenvalue weighted by Crippen LogP contribution is 2.31. The molecule has 0 aliphatic carbocycles. The number of amides is 1. The smallest absolute Gasteiger partial charge is 0.251 e. The number of nitrogens with zero attached hydrogens (tertiary/aromatic N) is 3. The maximum absolute atomic E-state index is 12.5. The Bertz CT molecular complexity index is 1110. The molecule has 1 saturated heterocycles. The van der Waals surface area contributed by atoms with E-state index in [1.165, 1.54) is 0 Å². The number of hydrogen-bond donors (Lipinski definition) is 3. The summed E-state index contributed by atoms with van der Waals surface area (Å²) in [4.78, 5) is 23.1. The minimum atomic E-state index is -0.146. The highest BCUT2D eigenvalue weighted by Gasteiger charge is 2.17. The Kier molecular flexibility index (Phi) is 8.07. The van der Waals surface area contributed by atoms with E-state index in [4.69, 9.17) is 22.2 Å². The van der Waals surface area contributed by atoms with E-state index in [9.17, 15) is 4.79 Å². The number of aromatic nitrogens is 1. The lowest BCUT2D eigenvalue weighted by molar-refractivity contribution is 0.0947. The summed E-state index contributed by atoms with van der Waals surface area (Å²) in [6, 6.07) is 14.6.